The maximum Gasteiger partial charge on any atom is 0.268 e. The zero-order valence-electron chi connectivity index (χ0n) is 13.7. The van der Waals surface area contributed by atoms with E-state index >= 15 is 0 Å². The van der Waals surface area contributed by atoms with Gasteiger partial charge < -0.3 is 15.0 Å². The van der Waals surface area contributed by atoms with Crippen LogP contribution in [0.5, 0.6) is 5.75 Å². The molecule has 0 fully saturated rings. The lowest BCUT2D eigenvalue weighted by Crippen LogP contribution is -2.26. The van der Waals surface area contributed by atoms with Gasteiger partial charge in [0.2, 0.25) is 0 Å². The van der Waals surface area contributed by atoms with Gasteiger partial charge in [0.25, 0.3) is 5.91 Å². The number of rotatable bonds is 5. The third-order valence-corrected chi connectivity index (χ3v) is 4.13. The Labute approximate surface area is 139 Å². The molecular formula is C19H19FN2O2. The molecular weight excluding hydrogens is 307 g/mol. The molecule has 2 N–H and O–H groups in total. The van der Waals surface area contributed by atoms with Gasteiger partial charge in [-0.3, -0.25) is 4.79 Å². The number of halogens is 1. The molecule has 0 aliphatic carbocycles. The molecule has 1 aromatic heterocycles. The van der Waals surface area contributed by atoms with Crippen molar-refractivity contribution >= 4 is 16.8 Å². The topological polar surface area (TPSA) is 54.1 Å². The monoisotopic (exact) mass is 326 g/mol. The highest BCUT2D eigenvalue weighted by atomic mass is 19.1. The number of hydrogen-bond donors (Lipinski definition) is 2. The molecule has 0 aliphatic rings. The molecule has 0 atom stereocenters. The number of fused-ring (bicyclic) bond motifs is 1. The normalized spacial score (nSPS) is 10.8. The summed E-state index contributed by atoms with van der Waals surface area (Å²) in [5.74, 6) is 0.302. The number of aryl methyl sites for hydroxylation is 1. The number of aromatic amines is 1. The summed E-state index contributed by atoms with van der Waals surface area (Å²) in [6, 6.07) is 12.2. The van der Waals surface area contributed by atoms with Gasteiger partial charge in [-0.15, -0.1) is 0 Å². The van der Waals surface area contributed by atoms with Crippen molar-refractivity contribution in [1.82, 2.24) is 10.3 Å². The second-order valence-electron chi connectivity index (χ2n) is 5.63. The lowest BCUT2D eigenvalue weighted by atomic mass is 10.1. The molecule has 0 radical (unpaired) electrons. The maximum absolute atomic E-state index is 13.6. The number of ether oxygens (including phenoxy) is 1. The largest absolute Gasteiger partial charge is 0.497 e. The molecule has 3 aromatic rings. The van der Waals surface area contributed by atoms with E-state index in [1.54, 1.807) is 25.3 Å². The van der Waals surface area contributed by atoms with Gasteiger partial charge in [-0.25, -0.2) is 4.39 Å². The van der Waals surface area contributed by atoms with Gasteiger partial charge in [0, 0.05) is 17.4 Å². The summed E-state index contributed by atoms with van der Waals surface area (Å²) in [4.78, 5) is 15.5. The van der Waals surface area contributed by atoms with Crippen molar-refractivity contribution in [3.05, 3.63) is 65.1 Å². The molecule has 3 rings (SSSR count). The van der Waals surface area contributed by atoms with Crippen LogP contribution in [-0.4, -0.2) is 24.5 Å². The summed E-state index contributed by atoms with van der Waals surface area (Å²) in [7, 11) is 1.61. The molecule has 1 heterocycles. The molecule has 0 spiro atoms. The molecule has 0 bridgehead atoms. The average molecular weight is 326 g/mol. The van der Waals surface area contributed by atoms with Gasteiger partial charge in [0.1, 0.15) is 17.3 Å². The Morgan fingerprint density at radius 3 is 2.79 bits per heavy atom. The number of carbonyl (C=O) groups is 1. The van der Waals surface area contributed by atoms with Crippen LogP contribution in [0.15, 0.2) is 42.5 Å². The summed E-state index contributed by atoms with van der Waals surface area (Å²) in [5, 5.41) is 3.79. The van der Waals surface area contributed by atoms with Crippen LogP contribution >= 0.6 is 0 Å². The highest BCUT2D eigenvalue weighted by Crippen LogP contribution is 2.25. The van der Waals surface area contributed by atoms with Gasteiger partial charge in [0.15, 0.2) is 0 Å². The Hall–Kier alpha value is -2.82. The number of carbonyl (C=O) groups excluding carboxylic acids is 1. The smallest absolute Gasteiger partial charge is 0.268 e. The summed E-state index contributed by atoms with van der Waals surface area (Å²) in [6.07, 6.45) is 0.450. The Kier molecular flexibility index (Phi) is 4.51. The lowest BCUT2D eigenvalue weighted by molar-refractivity contribution is 0.0949. The number of hydrogen-bond acceptors (Lipinski definition) is 2. The fourth-order valence-electron chi connectivity index (χ4n) is 2.76. The van der Waals surface area contributed by atoms with Crippen LogP contribution in [0, 0.1) is 12.7 Å². The second-order valence-corrected chi connectivity index (χ2v) is 5.63. The molecule has 0 unspecified atom stereocenters. The second kappa shape index (κ2) is 6.74. The minimum absolute atomic E-state index is 0.195. The van der Waals surface area contributed by atoms with Crippen LogP contribution in [0.2, 0.25) is 0 Å². The number of aromatic nitrogens is 1. The third kappa shape index (κ3) is 3.11. The fourth-order valence-corrected chi connectivity index (χ4v) is 2.76. The van der Waals surface area contributed by atoms with Gasteiger partial charge >= 0.3 is 0 Å². The zero-order valence-corrected chi connectivity index (χ0v) is 13.7. The van der Waals surface area contributed by atoms with E-state index in [2.05, 4.69) is 10.3 Å². The SMILES string of the molecule is COc1ccc2[nH]c(C(=O)NCCc3ccccc3F)c(C)c2c1. The zero-order chi connectivity index (χ0) is 17.1. The maximum atomic E-state index is 13.6. The van der Waals surface area contributed by atoms with Gasteiger partial charge in [-0.1, -0.05) is 18.2 Å². The molecule has 24 heavy (non-hydrogen) atoms. The first kappa shape index (κ1) is 16.1. The number of H-pyrrole nitrogens is 1. The fraction of sp³-hybridized carbons (Fsp3) is 0.211. The van der Waals surface area contributed by atoms with Crippen molar-refractivity contribution in [1.29, 1.82) is 0 Å². The highest BCUT2D eigenvalue weighted by molar-refractivity contribution is 6.01. The molecule has 5 heteroatoms. The summed E-state index contributed by atoms with van der Waals surface area (Å²) in [5.41, 5.74) is 2.86. The van der Waals surface area contributed by atoms with E-state index < -0.39 is 0 Å². The van der Waals surface area contributed by atoms with Crippen molar-refractivity contribution in [3.63, 3.8) is 0 Å². The Morgan fingerprint density at radius 1 is 1.25 bits per heavy atom. The molecule has 4 nitrogen and oxygen atoms in total. The molecule has 0 saturated heterocycles. The first-order chi connectivity index (χ1) is 11.6. The molecule has 2 aromatic carbocycles. The van der Waals surface area contributed by atoms with Crippen molar-refractivity contribution in [3.8, 4) is 5.75 Å². The number of methoxy groups -OCH3 is 1. The number of nitrogens with one attached hydrogen (secondary N) is 2. The van der Waals surface area contributed by atoms with Gasteiger partial charge in [-0.2, -0.15) is 0 Å². The van der Waals surface area contributed by atoms with Crippen LogP contribution in [0.3, 0.4) is 0 Å². The van der Waals surface area contributed by atoms with Gasteiger partial charge in [-0.05, 0) is 48.7 Å². The van der Waals surface area contributed by atoms with Crippen LogP contribution in [0.25, 0.3) is 10.9 Å². The van der Waals surface area contributed by atoms with Crippen molar-refractivity contribution < 1.29 is 13.9 Å². The molecule has 0 saturated carbocycles. The van der Waals surface area contributed by atoms with Crippen LogP contribution in [-0.2, 0) is 6.42 Å². The Balaban J connectivity index is 1.72. The van der Waals surface area contributed by atoms with Crippen LogP contribution in [0.1, 0.15) is 21.6 Å². The first-order valence-electron chi connectivity index (χ1n) is 7.78. The Morgan fingerprint density at radius 2 is 2.04 bits per heavy atom. The average Bonchev–Trinajstić information content (AvgIpc) is 2.93. The summed E-state index contributed by atoms with van der Waals surface area (Å²) in [6.45, 7) is 2.27. The minimum atomic E-state index is -0.249. The predicted molar refractivity (Wildman–Crippen MR) is 92.0 cm³/mol. The van der Waals surface area contributed by atoms with Crippen molar-refractivity contribution in [2.45, 2.75) is 13.3 Å². The molecule has 124 valence electrons. The quantitative estimate of drug-likeness (QED) is 0.753. The van der Waals surface area contributed by atoms with E-state index in [1.165, 1.54) is 6.07 Å². The predicted octanol–water partition coefficient (Wildman–Crippen LogP) is 3.60. The molecule has 1 amide bonds. The number of benzene rings is 2. The van der Waals surface area contributed by atoms with E-state index in [4.69, 9.17) is 4.74 Å². The number of amides is 1. The first-order valence-corrected chi connectivity index (χ1v) is 7.78. The van der Waals surface area contributed by atoms with Crippen molar-refractivity contribution in [2.75, 3.05) is 13.7 Å². The summed E-state index contributed by atoms with van der Waals surface area (Å²) >= 11 is 0. The third-order valence-electron chi connectivity index (χ3n) is 4.13. The van der Waals surface area contributed by atoms with Gasteiger partial charge in [0.05, 0.1) is 7.11 Å². The van der Waals surface area contributed by atoms with E-state index in [9.17, 15) is 9.18 Å². The van der Waals surface area contributed by atoms with E-state index in [0.717, 1.165) is 22.2 Å². The minimum Gasteiger partial charge on any atom is -0.497 e. The Bertz CT molecular complexity index is 886. The van der Waals surface area contributed by atoms with Crippen LogP contribution in [0.4, 0.5) is 4.39 Å². The van der Waals surface area contributed by atoms with Crippen LogP contribution < -0.4 is 10.1 Å². The standard InChI is InChI=1S/C19H19FN2O2/c1-12-15-11-14(24-2)7-8-17(15)22-18(12)19(23)21-10-9-13-5-3-4-6-16(13)20/h3-8,11,22H,9-10H2,1-2H3,(H,21,23). The lowest BCUT2D eigenvalue weighted by Gasteiger charge is -2.06. The van der Waals surface area contributed by atoms with E-state index in [0.29, 0.717) is 24.2 Å². The van der Waals surface area contributed by atoms with E-state index in [1.807, 2.05) is 25.1 Å². The van der Waals surface area contributed by atoms with E-state index in [-0.39, 0.29) is 11.7 Å². The summed E-state index contributed by atoms with van der Waals surface area (Å²) < 4.78 is 18.8. The highest BCUT2D eigenvalue weighted by Gasteiger charge is 2.15. The van der Waals surface area contributed by atoms with Crippen molar-refractivity contribution in [2.24, 2.45) is 0 Å². The molecule has 0 aliphatic heterocycles.